The molecule has 1 rings (SSSR count). The molecule has 19 heavy (non-hydrogen) atoms. The molecule has 0 heterocycles. The monoisotopic (exact) mass is 304 g/mol. The SMILES string of the molecule is CCCC(NC(=O)Nc1cccc(Cl)c1Cl)C(=O)O. The largest absolute Gasteiger partial charge is 0.480 e. The molecule has 0 bridgehead atoms. The summed E-state index contributed by atoms with van der Waals surface area (Å²) in [5, 5.41) is 14.3. The zero-order chi connectivity index (χ0) is 14.4. The highest BCUT2D eigenvalue weighted by Gasteiger charge is 2.19. The summed E-state index contributed by atoms with van der Waals surface area (Å²) in [6, 6.07) is 3.23. The van der Waals surface area contributed by atoms with Gasteiger partial charge in [-0.1, -0.05) is 42.6 Å². The van der Waals surface area contributed by atoms with Crippen molar-refractivity contribution in [1.29, 1.82) is 0 Å². The van der Waals surface area contributed by atoms with Gasteiger partial charge in [-0.05, 0) is 18.6 Å². The molecule has 0 aliphatic rings. The Morgan fingerprint density at radius 1 is 1.37 bits per heavy atom. The number of urea groups is 1. The van der Waals surface area contributed by atoms with Gasteiger partial charge < -0.3 is 15.7 Å². The summed E-state index contributed by atoms with van der Waals surface area (Å²) in [6.45, 7) is 1.84. The minimum absolute atomic E-state index is 0.210. The van der Waals surface area contributed by atoms with Crippen LogP contribution in [0.15, 0.2) is 18.2 Å². The molecule has 104 valence electrons. The maximum atomic E-state index is 11.7. The Morgan fingerprint density at radius 3 is 2.63 bits per heavy atom. The lowest BCUT2D eigenvalue weighted by Crippen LogP contribution is -2.42. The van der Waals surface area contributed by atoms with Crippen molar-refractivity contribution in [3.05, 3.63) is 28.2 Å². The Hall–Kier alpha value is -1.46. The lowest BCUT2D eigenvalue weighted by molar-refractivity contribution is -0.139. The van der Waals surface area contributed by atoms with Gasteiger partial charge in [0.25, 0.3) is 0 Å². The fourth-order valence-electron chi connectivity index (χ4n) is 1.46. The molecule has 1 atom stereocenters. The van der Waals surface area contributed by atoms with Crippen LogP contribution < -0.4 is 10.6 Å². The van der Waals surface area contributed by atoms with Crippen LogP contribution >= 0.6 is 23.2 Å². The van der Waals surface area contributed by atoms with Gasteiger partial charge in [-0.2, -0.15) is 0 Å². The maximum Gasteiger partial charge on any atom is 0.326 e. The number of anilines is 1. The van der Waals surface area contributed by atoms with Crippen LogP contribution in [0.2, 0.25) is 10.0 Å². The predicted molar refractivity (Wildman–Crippen MR) is 74.9 cm³/mol. The molecule has 7 heteroatoms. The Labute approximate surface area is 120 Å². The van der Waals surface area contributed by atoms with Crippen molar-refractivity contribution in [3.8, 4) is 0 Å². The van der Waals surface area contributed by atoms with Crippen LogP contribution in [-0.2, 0) is 4.79 Å². The number of carbonyl (C=O) groups excluding carboxylic acids is 1. The highest BCUT2D eigenvalue weighted by molar-refractivity contribution is 6.43. The number of carboxylic acids is 1. The summed E-state index contributed by atoms with van der Waals surface area (Å²) in [7, 11) is 0. The summed E-state index contributed by atoms with van der Waals surface area (Å²) in [5.74, 6) is -1.07. The number of amides is 2. The Morgan fingerprint density at radius 2 is 2.05 bits per heavy atom. The molecule has 0 aromatic heterocycles. The lowest BCUT2D eigenvalue weighted by atomic mass is 10.2. The van der Waals surface area contributed by atoms with E-state index in [0.717, 1.165) is 0 Å². The van der Waals surface area contributed by atoms with E-state index in [0.29, 0.717) is 23.6 Å². The van der Waals surface area contributed by atoms with E-state index in [-0.39, 0.29) is 5.02 Å². The molecule has 0 aliphatic heterocycles. The summed E-state index contributed by atoms with van der Waals surface area (Å²) in [5.41, 5.74) is 0.326. The van der Waals surface area contributed by atoms with Crippen LogP contribution in [0.4, 0.5) is 10.5 Å². The number of carbonyl (C=O) groups is 2. The normalized spacial score (nSPS) is 11.7. The molecular weight excluding hydrogens is 291 g/mol. The third-order valence-corrected chi connectivity index (χ3v) is 3.20. The van der Waals surface area contributed by atoms with E-state index in [2.05, 4.69) is 10.6 Å². The predicted octanol–water partition coefficient (Wildman–Crippen LogP) is 3.37. The molecule has 1 aromatic carbocycles. The topological polar surface area (TPSA) is 78.4 Å². The smallest absolute Gasteiger partial charge is 0.326 e. The second kappa shape index (κ2) is 7.21. The second-order valence-corrected chi connectivity index (χ2v) is 4.66. The number of halogens is 2. The zero-order valence-electron chi connectivity index (χ0n) is 10.2. The maximum absolute atomic E-state index is 11.7. The molecule has 0 radical (unpaired) electrons. The van der Waals surface area contributed by atoms with Crippen molar-refractivity contribution in [2.45, 2.75) is 25.8 Å². The lowest BCUT2D eigenvalue weighted by Gasteiger charge is -2.15. The van der Waals surface area contributed by atoms with Crippen molar-refractivity contribution in [1.82, 2.24) is 5.32 Å². The van der Waals surface area contributed by atoms with Gasteiger partial charge >= 0.3 is 12.0 Å². The van der Waals surface area contributed by atoms with Gasteiger partial charge in [-0.25, -0.2) is 9.59 Å². The van der Waals surface area contributed by atoms with Crippen LogP contribution in [0.1, 0.15) is 19.8 Å². The minimum atomic E-state index is -1.07. The first-order valence-electron chi connectivity index (χ1n) is 5.70. The number of carboxylic acid groups (broad SMARTS) is 1. The Kier molecular flexibility index (Phi) is 5.92. The zero-order valence-corrected chi connectivity index (χ0v) is 11.8. The average Bonchev–Trinajstić information content (AvgIpc) is 2.34. The molecule has 5 nitrogen and oxygen atoms in total. The van der Waals surface area contributed by atoms with Crippen molar-refractivity contribution in [2.75, 3.05) is 5.32 Å². The Balaban J connectivity index is 2.69. The molecular formula is C12H14Cl2N2O3. The molecule has 0 saturated carbocycles. The fourth-order valence-corrected chi connectivity index (χ4v) is 1.81. The van der Waals surface area contributed by atoms with Crippen LogP contribution in [0.25, 0.3) is 0 Å². The number of hydrogen-bond donors (Lipinski definition) is 3. The quantitative estimate of drug-likeness (QED) is 0.780. The number of hydrogen-bond acceptors (Lipinski definition) is 2. The standard InChI is InChI=1S/C12H14Cl2N2O3/c1-2-4-9(11(17)18)16-12(19)15-8-6-3-5-7(13)10(8)14/h3,5-6,9H,2,4H2,1H3,(H,17,18)(H2,15,16,19). The van der Waals surface area contributed by atoms with E-state index in [4.69, 9.17) is 28.3 Å². The van der Waals surface area contributed by atoms with E-state index < -0.39 is 18.0 Å². The summed E-state index contributed by atoms with van der Waals surface area (Å²) in [4.78, 5) is 22.6. The molecule has 1 unspecified atom stereocenters. The summed E-state index contributed by atoms with van der Waals surface area (Å²) < 4.78 is 0. The third-order valence-electron chi connectivity index (χ3n) is 2.38. The van der Waals surface area contributed by atoms with E-state index in [1.165, 1.54) is 0 Å². The molecule has 0 spiro atoms. The minimum Gasteiger partial charge on any atom is -0.480 e. The molecule has 0 fully saturated rings. The molecule has 0 saturated heterocycles. The number of benzene rings is 1. The van der Waals surface area contributed by atoms with Crippen molar-refractivity contribution >= 4 is 40.9 Å². The van der Waals surface area contributed by atoms with Gasteiger partial charge in [0.05, 0.1) is 15.7 Å². The van der Waals surface area contributed by atoms with Crippen LogP contribution in [0.5, 0.6) is 0 Å². The van der Waals surface area contributed by atoms with Gasteiger partial charge in [0.15, 0.2) is 0 Å². The highest BCUT2D eigenvalue weighted by atomic mass is 35.5. The molecule has 0 aliphatic carbocycles. The summed E-state index contributed by atoms with van der Waals surface area (Å²) in [6.07, 6.45) is 1.00. The summed E-state index contributed by atoms with van der Waals surface area (Å²) >= 11 is 11.7. The van der Waals surface area contributed by atoms with E-state index in [1.807, 2.05) is 6.92 Å². The number of rotatable bonds is 5. The first kappa shape index (κ1) is 15.6. The van der Waals surface area contributed by atoms with Gasteiger partial charge in [0.2, 0.25) is 0 Å². The molecule has 2 amide bonds. The first-order chi connectivity index (χ1) is 8.95. The van der Waals surface area contributed by atoms with Gasteiger partial charge in [-0.3, -0.25) is 0 Å². The van der Waals surface area contributed by atoms with Gasteiger partial charge in [-0.15, -0.1) is 0 Å². The van der Waals surface area contributed by atoms with Crippen LogP contribution in [0, 0.1) is 0 Å². The van der Waals surface area contributed by atoms with Crippen molar-refractivity contribution in [3.63, 3.8) is 0 Å². The molecule has 3 N–H and O–H groups in total. The first-order valence-corrected chi connectivity index (χ1v) is 6.45. The van der Waals surface area contributed by atoms with E-state index in [1.54, 1.807) is 18.2 Å². The average molecular weight is 305 g/mol. The van der Waals surface area contributed by atoms with Gasteiger partial charge in [0, 0.05) is 0 Å². The second-order valence-electron chi connectivity index (χ2n) is 3.88. The molecule has 1 aromatic rings. The fraction of sp³-hybridized carbons (Fsp3) is 0.333. The third kappa shape index (κ3) is 4.61. The van der Waals surface area contributed by atoms with Crippen LogP contribution in [-0.4, -0.2) is 23.1 Å². The van der Waals surface area contributed by atoms with E-state index in [9.17, 15) is 9.59 Å². The van der Waals surface area contributed by atoms with Crippen molar-refractivity contribution in [2.24, 2.45) is 0 Å². The number of nitrogens with one attached hydrogen (secondary N) is 2. The van der Waals surface area contributed by atoms with Crippen LogP contribution in [0.3, 0.4) is 0 Å². The number of aliphatic carboxylic acids is 1. The highest BCUT2D eigenvalue weighted by Crippen LogP contribution is 2.29. The van der Waals surface area contributed by atoms with Gasteiger partial charge in [0.1, 0.15) is 6.04 Å². The van der Waals surface area contributed by atoms with Crippen molar-refractivity contribution < 1.29 is 14.7 Å². The van der Waals surface area contributed by atoms with E-state index >= 15 is 0 Å². The Bertz CT molecular complexity index is 480.